The number of aryl methyl sites for hydroxylation is 3. The first-order valence-electron chi connectivity index (χ1n) is 8.65. The van der Waals surface area contributed by atoms with E-state index in [4.69, 9.17) is 0 Å². The molecule has 0 radical (unpaired) electrons. The highest BCUT2D eigenvalue weighted by atomic mass is 32.2. The molecule has 4 nitrogen and oxygen atoms in total. The highest BCUT2D eigenvalue weighted by Gasteiger charge is 2.21. The van der Waals surface area contributed by atoms with E-state index >= 15 is 0 Å². The minimum Gasteiger partial charge on any atom is -0.340 e. The van der Waals surface area contributed by atoms with Gasteiger partial charge in [-0.3, -0.25) is 9.59 Å². The monoisotopic (exact) mass is 370 g/mol. The van der Waals surface area contributed by atoms with Gasteiger partial charge in [0.25, 0.3) is 5.91 Å². The van der Waals surface area contributed by atoms with Crippen molar-refractivity contribution in [2.24, 2.45) is 0 Å². The third kappa shape index (κ3) is 5.63. The third-order valence-corrected chi connectivity index (χ3v) is 4.81. The van der Waals surface area contributed by atoms with Crippen LogP contribution < -0.4 is 10.6 Å². The molecule has 0 bridgehead atoms. The number of nitrogens with one attached hydrogen (secondary N) is 2. The topological polar surface area (TPSA) is 58.2 Å². The Labute approximate surface area is 159 Å². The van der Waals surface area contributed by atoms with E-state index in [9.17, 15) is 9.59 Å². The van der Waals surface area contributed by atoms with Crippen molar-refractivity contribution in [3.8, 4) is 0 Å². The summed E-state index contributed by atoms with van der Waals surface area (Å²) in [6, 6.07) is 12.7. The standard InChI is InChI=1S/C21H26N2O2S/c1-14-6-5-7-17(12-14)20(24)22-18(10-11-26-4)21(25)23-19-13-15(2)8-9-16(19)3/h5-9,12-13,18H,10-11H2,1-4H3,(H,22,24)(H,23,25). The van der Waals surface area contributed by atoms with Gasteiger partial charge in [-0.15, -0.1) is 0 Å². The maximum absolute atomic E-state index is 12.8. The molecule has 0 heterocycles. The highest BCUT2D eigenvalue weighted by molar-refractivity contribution is 7.98. The molecular formula is C21H26N2O2S. The summed E-state index contributed by atoms with van der Waals surface area (Å²) in [7, 11) is 0. The van der Waals surface area contributed by atoms with Crippen LogP contribution in [0.3, 0.4) is 0 Å². The molecule has 0 saturated carbocycles. The number of rotatable bonds is 7. The highest BCUT2D eigenvalue weighted by Crippen LogP contribution is 2.17. The van der Waals surface area contributed by atoms with E-state index in [0.29, 0.717) is 12.0 Å². The van der Waals surface area contributed by atoms with Crippen molar-refractivity contribution in [2.75, 3.05) is 17.3 Å². The van der Waals surface area contributed by atoms with Gasteiger partial charge in [-0.1, -0.05) is 29.8 Å². The summed E-state index contributed by atoms with van der Waals surface area (Å²) in [6.07, 6.45) is 2.57. The van der Waals surface area contributed by atoms with Crippen LogP contribution in [-0.2, 0) is 4.79 Å². The lowest BCUT2D eigenvalue weighted by Gasteiger charge is -2.19. The van der Waals surface area contributed by atoms with E-state index in [2.05, 4.69) is 10.6 Å². The third-order valence-electron chi connectivity index (χ3n) is 4.16. The average Bonchev–Trinajstić information content (AvgIpc) is 2.61. The zero-order chi connectivity index (χ0) is 19.1. The first-order valence-corrected chi connectivity index (χ1v) is 10.0. The van der Waals surface area contributed by atoms with E-state index in [1.54, 1.807) is 17.8 Å². The summed E-state index contributed by atoms with van der Waals surface area (Å²) in [5, 5.41) is 5.85. The Kier molecular flexibility index (Phi) is 7.27. The Balaban J connectivity index is 2.13. The second-order valence-electron chi connectivity index (χ2n) is 6.48. The molecule has 1 unspecified atom stereocenters. The van der Waals surface area contributed by atoms with E-state index < -0.39 is 6.04 Å². The summed E-state index contributed by atoms with van der Waals surface area (Å²) >= 11 is 1.65. The first-order chi connectivity index (χ1) is 12.4. The van der Waals surface area contributed by atoms with Crippen LogP contribution in [0.1, 0.15) is 33.5 Å². The fraction of sp³-hybridized carbons (Fsp3) is 0.333. The van der Waals surface area contributed by atoms with Gasteiger partial charge in [0.05, 0.1) is 0 Å². The summed E-state index contributed by atoms with van der Waals surface area (Å²) in [5.41, 5.74) is 4.44. The van der Waals surface area contributed by atoms with Gasteiger partial charge >= 0.3 is 0 Å². The summed E-state index contributed by atoms with van der Waals surface area (Å²) < 4.78 is 0. The molecule has 2 aromatic rings. The molecule has 0 fully saturated rings. The average molecular weight is 371 g/mol. The number of hydrogen-bond acceptors (Lipinski definition) is 3. The number of benzene rings is 2. The summed E-state index contributed by atoms with van der Waals surface area (Å²) in [4.78, 5) is 25.3. The fourth-order valence-electron chi connectivity index (χ4n) is 2.62. The Hall–Kier alpha value is -2.27. The fourth-order valence-corrected chi connectivity index (χ4v) is 3.09. The minimum absolute atomic E-state index is 0.186. The first kappa shape index (κ1) is 20.0. The maximum Gasteiger partial charge on any atom is 0.251 e. The Bertz CT molecular complexity index is 789. The lowest BCUT2D eigenvalue weighted by atomic mass is 10.1. The van der Waals surface area contributed by atoms with Crippen LogP contribution in [0.4, 0.5) is 5.69 Å². The van der Waals surface area contributed by atoms with Crippen LogP contribution in [0.15, 0.2) is 42.5 Å². The molecule has 0 aliphatic carbocycles. The molecule has 0 aliphatic heterocycles. The van der Waals surface area contributed by atoms with E-state index in [1.807, 2.05) is 63.4 Å². The second kappa shape index (κ2) is 9.43. The van der Waals surface area contributed by atoms with Crippen LogP contribution in [0.2, 0.25) is 0 Å². The number of thioether (sulfide) groups is 1. The molecule has 5 heteroatoms. The van der Waals surface area contributed by atoms with Gasteiger partial charge in [-0.05, 0) is 68.5 Å². The lowest BCUT2D eigenvalue weighted by Crippen LogP contribution is -2.44. The maximum atomic E-state index is 12.8. The van der Waals surface area contributed by atoms with E-state index in [1.165, 1.54) is 0 Å². The molecule has 0 saturated heterocycles. The largest absolute Gasteiger partial charge is 0.340 e. The number of hydrogen-bond donors (Lipinski definition) is 2. The van der Waals surface area contributed by atoms with Gasteiger partial charge < -0.3 is 10.6 Å². The normalized spacial score (nSPS) is 11.7. The van der Waals surface area contributed by atoms with Crippen molar-refractivity contribution in [2.45, 2.75) is 33.2 Å². The van der Waals surface area contributed by atoms with Crippen LogP contribution in [-0.4, -0.2) is 29.9 Å². The zero-order valence-electron chi connectivity index (χ0n) is 15.8. The number of amides is 2. The van der Waals surface area contributed by atoms with Crippen molar-refractivity contribution in [3.63, 3.8) is 0 Å². The molecule has 2 N–H and O–H groups in total. The Morgan fingerprint density at radius 2 is 1.77 bits per heavy atom. The van der Waals surface area contributed by atoms with Crippen LogP contribution >= 0.6 is 11.8 Å². The van der Waals surface area contributed by atoms with Crippen molar-refractivity contribution < 1.29 is 9.59 Å². The van der Waals surface area contributed by atoms with Gasteiger partial charge in [-0.2, -0.15) is 11.8 Å². The quantitative estimate of drug-likeness (QED) is 0.771. The Morgan fingerprint density at radius 3 is 2.46 bits per heavy atom. The number of carbonyl (C=O) groups is 2. The molecule has 0 aromatic heterocycles. The summed E-state index contributed by atoms with van der Waals surface area (Å²) in [5.74, 6) is 0.378. The molecule has 138 valence electrons. The SMILES string of the molecule is CSCCC(NC(=O)c1cccc(C)c1)C(=O)Nc1cc(C)ccc1C. The van der Waals surface area contributed by atoms with Crippen molar-refractivity contribution in [3.05, 3.63) is 64.7 Å². The number of anilines is 1. The molecular weight excluding hydrogens is 344 g/mol. The molecule has 26 heavy (non-hydrogen) atoms. The lowest BCUT2D eigenvalue weighted by molar-refractivity contribution is -0.118. The molecule has 0 spiro atoms. The van der Waals surface area contributed by atoms with Crippen LogP contribution in [0.25, 0.3) is 0 Å². The second-order valence-corrected chi connectivity index (χ2v) is 7.47. The van der Waals surface area contributed by atoms with Gasteiger partial charge in [0.2, 0.25) is 5.91 Å². The molecule has 2 aromatic carbocycles. The molecule has 2 amide bonds. The number of carbonyl (C=O) groups excluding carboxylic acids is 2. The summed E-state index contributed by atoms with van der Waals surface area (Å²) in [6.45, 7) is 5.88. The van der Waals surface area contributed by atoms with Gasteiger partial charge in [0, 0.05) is 11.3 Å². The minimum atomic E-state index is -0.574. The van der Waals surface area contributed by atoms with Crippen molar-refractivity contribution in [1.29, 1.82) is 0 Å². The predicted molar refractivity (Wildman–Crippen MR) is 110 cm³/mol. The van der Waals surface area contributed by atoms with E-state index in [0.717, 1.165) is 28.1 Å². The molecule has 0 aliphatic rings. The van der Waals surface area contributed by atoms with Gasteiger partial charge in [-0.25, -0.2) is 0 Å². The smallest absolute Gasteiger partial charge is 0.251 e. The predicted octanol–water partition coefficient (Wildman–Crippen LogP) is 4.10. The molecule has 2 rings (SSSR count). The van der Waals surface area contributed by atoms with Gasteiger partial charge in [0.1, 0.15) is 6.04 Å². The van der Waals surface area contributed by atoms with E-state index in [-0.39, 0.29) is 11.8 Å². The Morgan fingerprint density at radius 1 is 1.04 bits per heavy atom. The van der Waals surface area contributed by atoms with Gasteiger partial charge in [0.15, 0.2) is 0 Å². The van der Waals surface area contributed by atoms with Crippen LogP contribution in [0.5, 0.6) is 0 Å². The van der Waals surface area contributed by atoms with Crippen LogP contribution in [0, 0.1) is 20.8 Å². The zero-order valence-corrected chi connectivity index (χ0v) is 16.6. The van der Waals surface area contributed by atoms with Crippen molar-refractivity contribution >= 4 is 29.3 Å². The molecule has 1 atom stereocenters. The van der Waals surface area contributed by atoms with Crippen molar-refractivity contribution in [1.82, 2.24) is 5.32 Å².